The van der Waals surface area contributed by atoms with E-state index in [1.54, 1.807) is 7.05 Å². The van der Waals surface area contributed by atoms with E-state index >= 15 is 0 Å². The Morgan fingerprint density at radius 2 is 1.84 bits per heavy atom. The van der Waals surface area contributed by atoms with Crippen LogP contribution in [0.1, 0.15) is 0 Å². The molecule has 1 aromatic heterocycles. The maximum absolute atomic E-state index is 13.6. The van der Waals surface area contributed by atoms with E-state index in [1.165, 1.54) is 12.3 Å². The molecule has 0 unspecified atom stereocenters. The number of anilines is 3. The smallest absolute Gasteiger partial charge is 0.224 e. The topological polar surface area (TPSA) is 49.8 Å². The lowest BCUT2D eigenvalue weighted by atomic mass is 10.3. The summed E-state index contributed by atoms with van der Waals surface area (Å²) in [4.78, 5) is 8.10. The number of benzene rings is 1. The predicted octanol–water partition coefficient (Wildman–Crippen LogP) is 4.07. The lowest BCUT2D eigenvalue weighted by molar-refractivity contribution is 0.581. The highest BCUT2D eigenvalue weighted by molar-refractivity contribution is 9.10. The predicted molar refractivity (Wildman–Crippen MR) is 76.6 cm³/mol. The third-order valence-electron chi connectivity index (χ3n) is 2.23. The zero-order valence-electron chi connectivity index (χ0n) is 9.64. The summed E-state index contributed by atoms with van der Waals surface area (Å²) in [7, 11) is 1.67. The van der Waals surface area contributed by atoms with Gasteiger partial charge in [-0.1, -0.05) is 0 Å². The van der Waals surface area contributed by atoms with Crippen molar-refractivity contribution in [1.29, 1.82) is 0 Å². The largest absolute Gasteiger partial charge is 0.357 e. The molecule has 0 saturated heterocycles. The van der Waals surface area contributed by atoms with Crippen LogP contribution in [0.25, 0.3) is 0 Å². The van der Waals surface area contributed by atoms with Gasteiger partial charge in [0.05, 0.1) is 14.6 Å². The van der Waals surface area contributed by atoms with Crippen molar-refractivity contribution in [3.05, 3.63) is 38.9 Å². The van der Waals surface area contributed by atoms with Crippen LogP contribution in [0, 0.1) is 11.6 Å². The molecule has 0 aliphatic heterocycles. The lowest BCUT2D eigenvalue weighted by Crippen LogP contribution is -2.02. The third kappa shape index (κ3) is 3.19. The van der Waals surface area contributed by atoms with Gasteiger partial charge in [-0.25, -0.2) is 13.8 Å². The minimum absolute atomic E-state index is 0.106. The first-order valence-corrected chi connectivity index (χ1v) is 6.71. The van der Waals surface area contributed by atoms with Crippen molar-refractivity contribution < 1.29 is 8.78 Å². The van der Waals surface area contributed by atoms with Gasteiger partial charge in [-0.2, -0.15) is 4.98 Å². The van der Waals surface area contributed by atoms with Crippen LogP contribution in [0.3, 0.4) is 0 Å². The van der Waals surface area contributed by atoms with Crippen LogP contribution in [0.5, 0.6) is 0 Å². The normalized spacial score (nSPS) is 10.4. The molecule has 0 amide bonds. The molecule has 0 atom stereocenters. The van der Waals surface area contributed by atoms with Gasteiger partial charge in [0, 0.05) is 19.3 Å². The van der Waals surface area contributed by atoms with Gasteiger partial charge in [0.1, 0.15) is 17.5 Å². The van der Waals surface area contributed by atoms with Crippen LogP contribution < -0.4 is 10.6 Å². The number of rotatable bonds is 3. The van der Waals surface area contributed by atoms with Crippen LogP contribution in [-0.2, 0) is 0 Å². The quantitative estimate of drug-likeness (QED) is 0.772. The number of nitrogens with zero attached hydrogens (tertiary/aromatic N) is 2. The summed E-state index contributed by atoms with van der Waals surface area (Å²) in [5, 5.41) is 5.54. The van der Waals surface area contributed by atoms with E-state index in [1.807, 2.05) is 0 Å². The molecule has 2 N–H and O–H groups in total. The molecule has 0 saturated carbocycles. The van der Waals surface area contributed by atoms with Crippen LogP contribution in [-0.4, -0.2) is 17.0 Å². The van der Waals surface area contributed by atoms with E-state index in [4.69, 9.17) is 0 Å². The second-order valence-electron chi connectivity index (χ2n) is 3.51. The van der Waals surface area contributed by atoms with Gasteiger partial charge >= 0.3 is 0 Å². The van der Waals surface area contributed by atoms with Gasteiger partial charge < -0.3 is 10.6 Å². The van der Waals surface area contributed by atoms with Crippen LogP contribution in [0.2, 0.25) is 0 Å². The molecule has 1 aromatic carbocycles. The highest BCUT2D eigenvalue weighted by atomic mass is 79.9. The first kappa shape index (κ1) is 14.1. The fourth-order valence-corrected chi connectivity index (χ4v) is 1.95. The van der Waals surface area contributed by atoms with Gasteiger partial charge in [-0.3, -0.25) is 0 Å². The third-order valence-corrected chi connectivity index (χ3v) is 3.42. The molecule has 8 heteroatoms. The Hall–Kier alpha value is -1.28. The van der Waals surface area contributed by atoms with E-state index < -0.39 is 11.6 Å². The Bertz CT molecular complexity index is 622. The molecule has 2 aromatic rings. The molecular weight excluding hydrogens is 386 g/mol. The van der Waals surface area contributed by atoms with Crippen molar-refractivity contribution in [1.82, 2.24) is 9.97 Å². The minimum atomic E-state index is -0.711. The molecule has 0 bridgehead atoms. The first-order chi connectivity index (χ1) is 9.01. The zero-order chi connectivity index (χ0) is 14.0. The number of hydrogen-bond donors (Lipinski definition) is 2. The summed E-state index contributed by atoms with van der Waals surface area (Å²) >= 11 is 6.25. The maximum Gasteiger partial charge on any atom is 0.224 e. The summed E-state index contributed by atoms with van der Waals surface area (Å²) in [6, 6.07) is 2.10. The fourth-order valence-electron chi connectivity index (χ4n) is 1.32. The molecule has 1 heterocycles. The van der Waals surface area contributed by atoms with Crippen LogP contribution in [0.15, 0.2) is 27.3 Å². The molecule has 0 radical (unpaired) electrons. The van der Waals surface area contributed by atoms with Crippen molar-refractivity contribution >= 4 is 49.3 Å². The minimum Gasteiger partial charge on any atom is -0.357 e. The average Bonchev–Trinajstić information content (AvgIpc) is 2.38. The summed E-state index contributed by atoms with van der Waals surface area (Å²) < 4.78 is 27.5. The molecule has 2 rings (SSSR count). The molecule has 4 nitrogen and oxygen atoms in total. The molecule has 0 fully saturated rings. The molecule has 0 spiro atoms. The van der Waals surface area contributed by atoms with Crippen molar-refractivity contribution in [2.24, 2.45) is 0 Å². The Kier molecular flexibility index (Phi) is 4.31. The van der Waals surface area contributed by atoms with Gasteiger partial charge in [-0.05, 0) is 37.9 Å². The highest BCUT2D eigenvalue weighted by Crippen LogP contribution is 2.29. The Morgan fingerprint density at radius 1 is 1.11 bits per heavy atom. The SMILES string of the molecule is CNc1ncc(Br)c(Nc2cc(Br)c(F)cc2F)n1. The van der Waals surface area contributed by atoms with E-state index in [0.717, 1.165) is 6.07 Å². The van der Waals surface area contributed by atoms with E-state index in [2.05, 4.69) is 52.5 Å². The fraction of sp³-hybridized carbons (Fsp3) is 0.0909. The van der Waals surface area contributed by atoms with Crippen LogP contribution in [0.4, 0.5) is 26.2 Å². The Morgan fingerprint density at radius 3 is 2.53 bits per heavy atom. The van der Waals surface area contributed by atoms with Crippen LogP contribution >= 0.6 is 31.9 Å². The summed E-state index contributed by atoms with van der Waals surface area (Å²) in [6.45, 7) is 0. The van der Waals surface area contributed by atoms with E-state index in [9.17, 15) is 8.78 Å². The molecule has 0 aliphatic carbocycles. The first-order valence-electron chi connectivity index (χ1n) is 5.13. The van der Waals surface area contributed by atoms with E-state index in [-0.39, 0.29) is 10.2 Å². The zero-order valence-corrected chi connectivity index (χ0v) is 12.8. The lowest BCUT2D eigenvalue weighted by Gasteiger charge is -2.10. The monoisotopic (exact) mass is 392 g/mol. The van der Waals surface area contributed by atoms with Crippen molar-refractivity contribution in [3.8, 4) is 0 Å². The molecule has 100 valence electrons. The standard InChI is InChI=1S/C11H8Br2F2N4/c1-16-11-17-4-6(13)10(19-11)18-9-2-5(12)7(14)3-8(9)15/h2-4H,1H3,(H2,16,17,18,19). The Labute approximate surface area is 124 Å². The maximum atomic E-state index is 13.6. The van der Waals surface area contributed by atoms with E-state index in [0.29, 0.717) is 16.2 Å². The molecule has 19 heavy (non-hydrogen) atoms. The number of hydrogen-bond acceptors (Lipinski definition) is 4. The highest BCUT2D eigenvalue weighted by Gasteiger charge is 2.11. The van der Waals surface area contributed by atoms with Crippen molar-refractivity contribution in [3.63, 3.8) is 0 Å². The number of halogens is 4. The van der Waals surface area contributed by atoms with Gasteiger partial charge in [0.25, 0.3) is 0 Å². The van der Waals surface area contributed by atoms with Crippen molar-refractivity contribution in [2.45, 2.75) is 0 Å². The van der Waals surface area contributed by atoms with Gasteiger partial charge in [0.2, 0.25) is 5.95 Å². The average molecular weight is 394 g/mol. The summed E-state index contributed by atoms with van der Waals surface area (Å²) in [5.74, 6) is -0.623. The second kappa shape index (κ2) is 5.79. The summed E-state index contributed by atoms with van der Waals surface area (Å²) in [6.07, 6.45) is 1.53. The van der Waals surface area contributed by atoms with Gasteiger partial charge in [-0.15, -0.1) is 0 Å². The number of aromatic nitrogens is 2. The Balaban J connectivity index is 2.38. The number of nitrogens with one attached hydrogen (secondary N) is 2. The summed E-state index contributed by atoms with van der Waals surface area (Å²) in [5.41, 5.74) is 0.106. The van der Waals surface area contributed by atoms with Gasteiger partial charge in [0.15, 0.2) is 0 Å². The molecular formula is C11H8Br2F2N4. The van der Waals surface area contributed by atoms with Crippen molar-refractivity contribution in [2.75, 3.05) is 17.7 Å². The second-order valence-corrected chi connectivity index (χ2v) is 5.22. The molecule has 0 aliphatic rings.